The molecule has 7 nitrogen and oxygen atoms in total. The van der Waals surface area contributed by atoms with E-state index in [1.165, 1.54) is 0 Å². The zero-order chi connectivity index (χ0) is 20.0. The second-order valence-electron chi connectivity index (χ2n) is 7.73. The van der Waals surface area contributed by atoms with Gasteiger partial charge in [-0.1, -0.05) is 0 Å². The Labute approximate surface area is 167 Å². The molecule has 1 N–H and O–H groups in total. The minimum Gasteiger partial charge on any atom is -0.507 e. The third kappa shape index (κ3) is 3.23. The minimum atomic E-state index is -1.03. The second-order valence-corrected chi connectivity index (χ2v) is 7.73. The molecule has 0 radical (unpaired) electrons. The van der Waals surface area contributed by atoms with Crippen LogP contribution in [0.4, 0.5) is 4.39 Å². The molecule has 2 unspecified atom stereocenters. The second kappa shape index (κ2) is 7.11. The number of ether oxygens (including phenoxy) is 1. The van der Waals surface area contributed by atoms with Crippen molar-refractivity contribution in [2.24, 2.45) is 0 Å². The van der Waals surface area contributed by atoms with E-state index in [1.807, 2.05) is 13.1 Å². The molecule has 29 heavy (non-hydrogen) atoms. The van der Waals surface area contributed by atoms with Crippen molar-refractivity contribution in [2.45, 2.75) is 43.6 Å². The third-order valence-corrected chi connectivity index (χ3v) is 6.09. The highest BCUT2D eigenvalue weighted by Crippen LogP contribution is 2.37. The molecule has 0 amide bonds. The number of phenolic OH excluding ortho intramolecular Hbond substituents is 1. The summed E-state index contributed by atoms with van der Waals surface area (Å²) in [4.78, 5) is 6.14. The van der Waals surface area contributed by atoms with Crippen molar-refractivity contribution < 1.29 is 14.2 Å². The van der Waals surface area contributed by atoms with Crippen LogP contribution in [0.5, 0.6) is 11.6 Å². The smallest absolute Gasteiger partial charge is 0.233 e. The topological polar surface area (TPSA) is 76.3 Å². The van der Waals surface area contributed by atoms with Gasteiger partial charge in [-0.3, -0.25) is 4.90 Å². The highest BCUT2D eigenvalue weighted by Gasteiger charge is 2.47. The average Bonchev–Trinajstić information content (AvgIpc) is 3.35. The summed E-state index contributed by atoms with van der Waals surface area (Å²) in [6.45, 7) is 0. The summed E-state index contributed by atoms with van der Waals surface area (Å²) >= 11 is 0. The molecule has 0 saturated carbocycles. The van der Waals surface area contributed by atoms with Crippen LogP contribution in [0.1, 0.15) is 19.3 Å². The van der Waals surface area contributed by atoms with E-state index in [1.54, 1.807) is 47.6 Å². The highest BCUT2D eigenvalue weighted by molar-refractivity contribution is 5.68. The van der Waals surface area contributed by atoms with Gasteiger partial charge < -0.3 is 14.4 Å². The monoisotopic (exact) mass is 395 g/mol. The molecule has 2 fully saturated rings. The number of piperidine rings is 1. The van der Waals surface area contributed by atoms with Gasteiger partial charge in [-0.2, -0.15) is 0 Å². The van der Waals surface area contributed by atoms with Crippen LogP contribution < -0.4 is 4.74 Å². The van der Waals surface area contributed by atoms with Crippen LogP contribution in [0.3, 0.4) is 0 Å². The van der Waals surface area contributed by atoms with Crippen molar-refractivity contribution in [3.63, 3.8) is 0 Å². The number of phenols is 1. The van der Waals surface area contributed by atoms with Crippen molar-refractivity contribution >= 4 is 0 Å². The van der Waals surface area contributed by atoms with Gasteiger partial charge in [-0.25, -0.2) is 9.37 Å². The van der Waals surface area contributed by atoms with Gasteiger partial charge in [0.25, 0.3) is 0 Å². The standard InChI is InChI=1S/C21H22FN5O2/c1-26-13-3-6-17(26)21(22)19(11-13)29-20-7-5-16(24-25-20)15-4-2-14(10-18(15)28)27-9-8-23-12-27/h2,4-5,7-10,12-13,17,19,21,28H,3,6,11H2,1H3/t13?,17?,19-,21-/m1/s1. The zero-order valence-corrected chi connectivity index (χ0v) is 16.0. The highest BCUT2D eigenvalue weighted by atomic mass is 19.1. The van der Waals surface area contributed by atoms with E-state index in [0.717, 1.165) is 18.5 Å². The number of aromatic nitrogens is 4. The van der Waals surface area contributed by atoms with E-state index < -0.39 is 12.3 Å². The molecule has 0 aliphatic carbocycles. The molecule has 4 atom stereocenters. The summed E-state index contributed by atoms with van der Waals surface area (Å²) in [5, 5.41) is 18.7. The molecule has 2 bridgehead atoms. The molecule has 150 valence electrons. The fourth-order valence-electron chi connectivity index (χ4n) is 4.46. The Bertz CT molecular complexity index is 995. The number of halogens is 1. The summed E-state index contributed by atoms with van der Waals surface area (Å²) in [6.07, 6.45) is 6.16. The first-order valence-corrected chi connectivity index (χ1v) is 9.78. The van der Waals surface area contributed by atoms with E-state index >= 15 is 0 Å². The average molecular weight is 395 g/mol. The van der Waals surface area contributed by atoms with Crippen LogP contribution in [0.15, 0.2) is 49.1 Å². The summed E-state index contributed by atoms with van der Waals surface area (Å²) in [5.74, 6) is 0.398. The Kier molecular flexibility index (Phi) is 4.43. The van der Waals surface area contributed by atoms with Crippen molar-refractivity contribution in [3.8, 4) is 28.6 Å². The largest absolute Gasteiger partial charge is 0.507 e. The molecular weight excluding hydrogens is 373 g/mol. The Hall–Kier alpha value is -3.00. The third-order valence-electron chi connectivity index (χ3n) is 6.09. The number of hydrogen-bond donors (Lipinski definition) is 1. The van der Waals surface area contributed by atoms with Gasteiger partial charge in [-0.15, -0.1) is 10.2 Å². The van der Waals surface area contributed by atoms with Crippen LogP contribution in [-0.4, -0.2) is 61.2 Å². The van der Waals surface area contributed by atoms with E-state index in [9.17, 15) is 9.50 Å². The van der Waals surface area contributed by atoms with Crippen LogP contribution in [0.25, 0.3) is 16.9 Å². The summed E-state index contributed by atoms with van der Waals surface area (Å²) in [7, 11) is 1.99. The molecule has 8 heteroatoms. The molecule has 2 aliphatic heterocycles. The predicted molar refractivity (Wildman–Crippen MR) is 105 cm³/mol. The minimum absolute atomic E-state index is 0.0723. The Morgan fingerprint density at radius 3 is 2.79 bits per heavy atom. The number of hydrogen-bond acceptors (Lipinski definition) is 6. The molecule has 0 spiro atoms. The molecule has 2 saturated heterocycles. The molecule has 2 aromatic heterocycles. The molecule has 1 aromatic carbocycles. The Morgan fingerprint density at radius 1 is 1.17 bits per heavy atom. The maximum atomic E-state index is 14.8. The first-order valence-electron chi connectivity index (χ1n) is 9.78. The van der Waals surface area contributed by atoms with Crippen molar-refractivity contribution in [1.29, 1.82) is 0 Å². The van der Waals surface area contributed by atoms with Crippen LogP contribution in [0.2, 0.25) is 0 Å². The number of rotatable bonds is 4. The number of benzene rings is 1. The van der Waals surface area contributed by atoms with Gasteiger partial charge in [-0.05, 0) is 38.1 Å². The number of nitrogens with zero attached hydrogens (tertiary/aromatic N) is 5. The van der Waals surface area contributed by atoms with Crippen molar-refractivity contribution in [1.82, 2.24) is 24.6 Å². The van der Waals surface area contributed by atoms with Crippen molar-refractivity contribution in [2.75, 3.05) is 7.05 Å². The normalized spacial score (nSPS) is 26.6. The molecule has 2 aliphatic rings. The fraction of sp³-hybridized carbons (Fsp3) is 0.381. The van der Waals surface area contributed by atoms with Gasteiger partial charge >= 0.3 is 0 Å². The summed E-state index contributed by atoms with van der Waals surface area (Å²) in [6, 6.07) is 8.99. The molecule has 5 rings (SSSR count). The quantitative estimate of drug-likeness (QED) is 0.732. The number of imidazole rings is 1. The van der Waals surface area contributed by atoms with Gasteiger partial charge in [0, 0.05) is 48.6 Å². The Morgan fingerprint density at radius 2 is 2.07 bits per heavy atom. The number of alkyl halides is 1. The van der Waals surface area contributed by atoms with Gasteiger partial charge in [0.05, 0.1) is 17.7 Å². The van der Waals surface area contributed by atoms with Gasteiger partial charge in [0.2, 0.25) is 5.88 Å². The molecule has 3 aromatic rings. The maximum absolute atomic E-state index is 14.8. The fourth-order valence-corrected chi connectivity index (χ4v) is 4.46. The van der Waals surface area contributed by atoms with E-state index in [-0.39, 0.29) is 11.8 Å². The van der Waals surface area contributed by atoms with E-state index in [4.69, 9.17) is 4.74 Å². The van der Waals surface area contributed by atoms with Gasteiger partial charge in [0.15, 0.2) is 6.17 Å². The number of aromatic hydroxyl groups is 1. The maximum Gasteiger partial charge on any atom is 0.233 e. The molecular formula is C21H22FN5O2. The SMILES string of the molecule is CN1C2CCC1[C@@H](F)[C@H](Oc1ccc(-c3ccc(-n4ccnc4)cc3O)nn1)C2. The lowest BCUT2D eigenvalue weighted by molar-refractivity contribution is -0.0134. The zero-order valence-electron chi connectivity index (χ0n) is 16.0. The summed E-state index contributed by atoms with van der Waals surface area (Å²) in [5.41, 5.74) is 1.88. The van der Waals surface area contributed by atoms with Crippen molar-refractivity contribution in [3.05, 3.63) is 49.1 Å². The Balaban J connectivity index is 1.32. The lowest BCUT2D eigenvalue weighted by Crippen LogP contribution is -2.52. The van der Waals surface area contributed by atoms with E-state index in [2.05, 4.69) is 20.1 Å². The first-order chi connectivity index (χ1) is 14.1. The van der Waals surface area contributed by atoms with Crippen LogP contribution in [0, 0.1) is 0 Å². The molecule has 4 heterocycles. The van der Waals surface area contributed by atoms with Crippen LogP contribution in [-0.2, 0) is 0 Å². The predicted octanol–water partition coefficient (Wildman–Crippen LogP) is 2.99. The lowest BCUT2D eigenvalue weighted by atomic mass is 9.98. The lowest BCUT2D eigenvalue weighted by Gasteiger charge is -2.38. The van der Waals surface area contributed by atoms with Gasteiger partial charge in [0.1, 0.15) is 11.9 Å². The van der Waals surface area contributed by atoms with E-state index in [0.29, 0.717) is 29.6 Å². The number of fused-ring (bicyclic) bond motifs is 2. The first kappa shape index (κ1) is 18.1. The summed E-state index contributed by atoms with van der Waals surface area (Å²) < 4.78 is 22.4. The van der Waals surface area contributed by atoms with Crippen LogP contribution >= 0.6 is 0 Å².